The van der Waals surface area contributed by atoms with Crippen molar-refractivity contribution >= 4 is 41.8 Å². The van der Waals surface area contributed by atoms with Gasteiger partial charge in [-0.3, -0.25) is 14.6 Å². The quantitative estimate of drug-likeness (QED) is 0.238. The van der Waals surface area contributed by atoms with Crippen LogP contribution in [0.3, 0.4) is 0 Å². The van der Waals surface area contributed by atoms with Gasteiger partial charge >= 0.3 is 0 Å². The molecule has 0 atom stereocenters. The zero-order valence-electron chi connectivity index (χ0n) is 18.5. The van der Waals surface area contributed by atoms with Crippen LogP contribution >= 0.6 is 24.0 Å². The van der Waals surface area contributed by atoms with Gasteiger partial charge in [-0.05, 0) is 37.8 Å². The van der Waals surface area contributed by atoms with Crippen molar-refractivity contribution in [1.82, 2.24) is 20.4 Å². The Labute approximate surface area is 202 Å². The van der Waals surface area contributed by atoms with Crippen LogP contribution in [0, 0.1) is 5.92 Å². The smallest absolute Gasteiger partial charge is 0.289 e. The predicted molar refractivity (Wildman–Crippen MR) is 132 cm³/mol. The highest BCUT2D eigenvalue weighted by Crippen LogP contribution is 2.25. The molecular formula is C22H36IN5O3. The van der Waals surface area contributed by atoms with Gasteiger partial charge in [0.25, 0.3) is 5.91 Å². The molecule has 0 radical (unpaired) electrons. The van der Waals surface area contributed by atoms with Gasteiger partial charge in [-0.1, -0.05) is 19.3 Å². The zero-order chi connectivity index (χ0) is 21.2. The Morgan fingerprint density at radius 1 is 1.10 bits per heavy atom. The molecule has 2 fully saturated rings. The first-order valence-electron chi connectivity index (χ1n) is 11.3. The van der Waals surface area contributed by atoms with E-state index in [2.05, 4.69) is 20.5 Å². The largest absolute Gasteiger partial charge is 0.459 e. The second-order valence-electron chi connectivity index (χ2n) is 8.05. The molecule has 9 heteroatoms. The third-order valence-electron chi connectivity index (χ3n) is 5.83. The van der Waals surface area contributed by atoms with Crippen molar-refractivity contribution in [3.05, 3.63) is 24.2 Å². The molecule has 0 bridgehead atoms. The second kappa shape index (κ2) is 13.6. The number of halogens is 1. The fourth-order valence-electron chi connectivity index (χ4n) is 4.19. The molecule has 1 aliphatic carbocycles. The van der Waals surface area contributed by atoms with Gasteiger partial charge in [0.1, 0.15) is 0 Å². The number of hydrogen-bond acceptors (Lipinski definition) is 4. The summed E-state index contributed by atoms with van der Waals surface area (Å²) >= 11 is 0. The maximum absolute atomic E-state index is 12.4. The SMILES string of the molecule is CCNC(=NCCNC(=O)CC1CCCCC1)N1CCN(C(=O)c2ccco2)CC1.I. The van der Waals surface area contributed by atoms with E-state index in [4.69, 9.17) is 4.42 Å². The van der Waals surface area contributed by atoms with Gasteiger partial charge in [-0.2, -0.15) is 0 Å². The summed E-state index contributed by atoms with van der Waals surface area (Å²) in [4.78, 5) is 33.2. The number of rotatable bonds is 7. The van der Waals surface area contributed by atoms with Gasteiger partial charge in [0.2, 0.25) is 5.91 Å². The lowest BCUT2D eigenvalue weighted by atomic mass is 9.87. The molecule has 2 N–H and O–H groups in total. The maximum atomic E-state index is 12.4. The number of amides is 2. The Hall–Kier alpha value is -1.78. The van der Waals surface area contributed by atoms with Crippen molar-refractivity contribution < 1.29 is 14.0 Å². The Morgan fingerprint density at radius 3 is 2.45 bits per heavy atom. The lowest BCUT2D eigenvalue weighted by Gasteiger charge is -2.36. The number of piperazine rings is 1. The van der Waals surface area contributed by atoms with Crippen molar-refractivity contribution in [3.8, 4) is 0 Å². The molecule has 1 saturated heterocycles. The van der Waals surface area contributed by atoms with E-state index >= 15 is 0 Å². The number of guanidine groups is 1. The van der Waals surface area contributed by atoms with Crippen LogP contribution in [0.1, 0.15) is 56.0 Å². The van der Waals surface area contributed by atoms with E-state index < -0.39 is 0 Å². The summed E-state index contributed by atoms with van der Waals surface area (Å²) in [5.41, 5.74) is 0. The predicted octanol–water partition coefficient (Wildman–Crippen LogP) is 2.71. The highest BCUT2D eigenvalue weighted by Gasteiger charge is 2.25. The molecule has 0 aromatic carbocycles. The summed E-state index contributed by atoms with van der Waals surface area (Å²) in [5.74, 6) is 1.85. The first-order chi connectivity index (χ1) is 14.7. The van der Waals surface area contributed by atoms with Gasteiger partial charge in [0, 0.05) is 45.7 Å². The van der Waals surface area contributed by atoms with E-state index in [1.165, 1.54) is 38.4 Å². The van der Waals surface area contributed by atoms with Gasteiger partial charge < -0.3 is 24.9 Å². The number of nitrogens with one attached hydrogen (secondary N) is 2. The molecule has 31 heavy (non-hydrogen) atoms. The van der Waals surface area contributed by atoms with E-state index in [9.17, 15) is 9.59 Å². The van der Waals surface area contributed by atoms with Crippen LogP contribution < -0.4 is 10.6 Å². The van der Waals surface area contributed by atoms with Crippen LogP contribution in [-0.2, 0) is 4.79 Å². The van der Waals surface area contributed by atoms with Gasteiger partial charge in [0.05, 0.1) is 12.8 Å². The van der Waals surface area contributed by atoms with E-state index in [-0.39, 0.29) is 35.8 Å². The molecule has 3 rings (SSSR count). The topological polar surface area (TPSA) is 90.2 Å². The van der Waals surface area contributed by atoms with Gasteiger partial charge in [0.15, 0.2) is 11.7 Å². The minimum Gasteiger partial charge on any atom is -0.459 e. The van der Waals surface area contributed by atoms with Crippen LogP contribution in [0.15, 0.2) is 27.8 Å². The summed E-state index contributed by atoms with van der Waals surface area (Å²) in [5, 5.41) is 6.33. The fraction of sp³-hybridized carbons (Fsp3) is 0.682. The number of furan rings is 1. The lowest BCUT2D eigenvalue weighted by Crippen LogP contribution is -2.53. The summed E-state index contributed by atoms with van der Waals surface area (Å²) < 4.78 is 5.22. The Kier molecular flexibility index (Phi) is 11.2. The molecule has 8 nitrogen and oxygen atoms in total. The molecule has 174 valence electrons. The Morgan fingerprint density at radius 2 is 1.81 bits per heavy atom. The molecule has 2 heterocycles. The Bertz CT molecular complexity index is 696. The third kappa shape index (κ3) is 8.01. The van der Waals surface area contributed by atoms with E-state index in [1.54, 1.807) is 12.1 Å². The molecule has 1 aromatic rings. The van der Waals surface area contributed by atoms with Crippen molar-refractivity contribution in [2.24, 2.45) is 10.9 Å². The first-order valence-corrected chi connectivity index (χ1v) is 11.3. The standard InChI is InChI=1S/C22H35N5O3.HI/c1-2-23-22(25-11-10-24-20(28)17-18-7-4-3-5-8-18)27-14-12-26(13-15-27)21(29)19-9-6-16-30-19;/h6,9,16,18H,2-5,7-8,10-15,17H2,1H3,(H,23,25)(H,24,28);1H. The summed E-state index contributed by atoms with van der Waals surface area (Å²) in [6, 6.07) is 3.43. The summed E-state index contributed by atoms with van der Waals surface area (Å²) in [6.45, 7) is 6.60. The molecule has 0 spiro atoms. The fourth-order valence-corrected chi connectivity index (χ4v) is 4.19. The minimum atomic E-state index is -0.0673. The summed E-state index contributed by atoms with van der Waals surface area (Å²) in [6.07, 6.45) is 8.37. The van der Waals surface area contributed by atoms with E-state index in [0.29, 0.717) is 57.4 Å². The average molecular weight is 545 g/mol. The number of carbonyl (C=O) groups is 2. The lowest BCUT2D eigenvalue weighted by molar-refractivity contribution is -0.122. The number of nitrogens with zero attached hydrogens (tertiary/aromatic N) is 3. The average Bonchev–Trinajstić information content (AvgIpc) is 3.31. The van der Waals surface area contributed by atoms with Crippen molar-refractivity contribution in [2.45, 2.75) is 45.4 Å². The zero-order valence-corrected chi connectivity index (χ0v) is 20.8. The normalized spacial score (nSPS) is 17.8. The van der Waals surface area contributed by atoms with Crippen molar-refractivity contribution in [1.29, 1.82) is 0 Å². The van der Waals surface area contributed by atoms with Crippen LogP contribution in [0.25, 0.3) is 0 Å². The van der Waals surface area contributed by atoms with Crippen LogP contribution in [0.4, 0.5) is 0 Å². The minimum absolute atomic E-state index is 0. The highest BCUT2D eigenvalue weighted by molar-refractivity contribution is 14.0. The van der Waals surface area contributed by atoms with Crippen LogP contribution in [0.2, 0.25) is 0 Å². The molecule has 2 aliphatic rings. The maximum Gasteiger partial charge on any atom is 0.289 e. The Balaban J connectivity index is 0.00000341. The third-order valence-corrected chi connectivity index (χ3v) is 5.83. The highest BCUT2D eigenvalue weighted by atomic mass is 127. The number of aliphatic imine (C=N–C) groups is 1. The monoisotopic (exact) mass is 545 g/mol. The summed E-state index contributed by atoms with van der Waals surface area (Å²) in [7, 11) is 0. The molecule has 0 unspecified atom stereocenters. The number of hydrogen-bond donors (Lipinski definition) is 2. The second-order valence-corrected chi connectivity index (χ2v) is 8.05. The molecule has 2 amide bonds. The van der Waals surface area contributed by atoms with Gasteiger partial charge in [-0.15, -0.1) is 24.0 Å². The first kappa shape index (κ1) is 25.5. The number of carbonyl (C=O) groups excluding carboxylic acids is 2. The molecule has 1 saturated carbocycles. The van der Waals surface area contributed by atoms with E-state index in [0.717, 1.165) is 12.5 Å². The van der Waals surface area contributed by atoms with E-state index in [1.807, 2.05) is 11.8 Å². The van der Waals surface area contributed by atoms with Crippen molar-refractivity contribution in [3.63, 3.8) is 0 Å². The molecular weight excluding hydrogens is 509 g/mol. The van der Waals surface area contributed by atoms with Crippen LogP contribution in [-0.4, -0.2) is 73.4 Å². The van der Waals surface area contributed by atoms with Crippen LogP contribution in [0.5, 0.6) is 0 Å². The van der Waals surface area contributed by atoms with Crippen molar-refractivity contribution in [2.75, 3.05) is 45.8 Å². The molecule has 1 aromatic heterocycles. The molecule has 1 aliphatic heterocycles. The van der Waals surface area contributed by atoms with Gasteiger partial charge in [-0.25, -0.2) is 0 Å².